The molecule has 0 radical (unpaired) electrons. The molecule has 0 aliphatic heterocycles. The van der Waals surface area contributed by atoms with Crippen molar-refractivity contribution in [3.05, 3.63) is 10.6 Å². The van der Waals surface area contributed by atoms with Crippen molar-refractivity contribution in [3.8, 4) is 0 Å². The molecule has 1 aromatic rings. The van der Waals surface area contributed by atoms with Gasteiger partial charge in [0, 0.05) is 12.5 Å². The molecule has 0 atom stereocenters. The normalized spacial score (nSPS) is 15.7. The second-order valence-corrected chi connectivity index (χ2v) is 8.28. The Balaban J connectivity index is 1.56. The molecule has 0 amide bonds. The minimum Gasteiger partial charge on any atom is -0.301 e. The van der Waals surface area contributed by atoms with Gasteiger partial charge in [-0.3, -0.25) is 5.10 Å². The highest BCUT2D eigenvalue weighted by Gasteiger charge is 2.19. The summed E-state index contributed by atoms with van der Waals surface area (Å²) < 4.78 is 3.18. The van der Waals surface area contributed by atoms with Gasteiger partial charge in [-0.2, -0.15) is 5.10 Å². The Kier molecular flexibility index (Phi) is 10.5. The van der Waals surface area contributed by atoms with Crippen LogP contribution in [-0.4, -0.2) is 14.8 Å². The summed E-state index contributed by atoms with van der Waals surface area (Å²) >= 11 is 5.49. The minimum atomic E-state index is 0.600. The number of unbranched alkanes of at least 4 members (excludes halogenated alkanes) is 10. The van der Waals surface area contributed by atoms with Gasteiger partial charge in [-0.1, -0.05) is 90.4 Å². The maximum Gasteiger partial charge on any atom is 0.195 e. The summed E-state index contributed by atoms with van der Waals surface area (Å²) in [6.07, 6.45) is 23.0. The fraction of sp³-hybridized carbons (Fsp3) is 0.905. The van der Waals surface area contributed by atoms with Crippen molar-refractivity contribution in [1.29, 1.82) is 0 Å². The first-order valence-corrected chi connectivity index (χ1v) is 11.4. The molecule has 2 rings (SSSR count). The minimum absolute atomic E-state index is 0.600. The van der Waals surface area contributed by atoms with Crippen LogP contribution in [0.1, 0.15) is 122 Å². The molecule has 1 saturated carbocycles. The monoisotopic (exact) mass is 365 g/mol. The third-order valence-electron chi connectivity index (χ3n) is 5.72. The Morgan fingerprint density at radius 1 is 0.880 bits per heavy atom. The number of aromatic amines is 1. The van der Waals surface area contributed by atoms with Gasteiger partial charge in [-0.15, -0.1) is 0 Å². The quantitative estimate of drug-likeness (QED) is 0.294. The Hall–Kier alpha value is -0.640. The molecule has 0 bridgehead atoms. The van der Waals surface area contributed by atoms with E-state index >= 15 is 0 Å². The van der Waals surface area contributed by atoms with Crippen LogP contribution in [0.25, 0.3) is 0 Å². The van der Waals surface area contributed by atoms with Crippen LogP contribution in [0.2, 0.25) is 0 Å². The standard InChI is InChI=1S/C21H39N3S/c1-2-3-4-5-6-7-8-9-10-11-15-18-20-22-23-21(25)24(20)19-16-13-12-14-17-19/h19H,2-18H2,1H3,(H,23,25). The van der Waals surface area contributed by atoms with E-state index < -0.39 is 0 Å². The highest BCUT2D eigenvalue weighted by atomic mass is 32.1. The van der Waals surface area contributed by atoms with Gasteiger partial charge in [0.25, 0.3) is 0 Å². The fourth-order valence-corrected chi connectivity index (χ4v) is 4.48. The van der Waals surface area contributed by atoms with Crippen molar-refractivity contribution < 1.29 is 0 Å². The first-order chi connectivity index (χ1) is 12.3. The number of aryl methyl sites for hydroxylation is 1. The van der Waals surface area contributed by atoms with Crippen LogP contribution < -0.4 is 0 Å². The van der Waals surface area contributed by atoms with Crippen LogP contribution in [0.4, 0.5) is 0 Å². The van der Waals surface area contributed by atoms with Crippen molar-refractivity contribution in [3.63, 3.8) is 0 Å². The van der Waals surface area contributed by atoms with Gasteiger partial charge < -0.3 is 4.57 Å². The average Bonchev–Trinajstić information content (AvgIpc) is 3.01. The van der Waals surface area contributed by atoms with Crippen LogP contribution >= 0.6 is 12.2 Å². The lowest BCUT2D eigenvalue weighted by atomic mass is 9.95. The largest absolute Gasteiger partial charge is 0.301 e. The summed E-state index contributed by atoms with van der Waals surface area (Å²) in [5.41, 5.74) is 0. The number of rotatable bonds is 13. The first-order valence-electron chi connectivity index (χ1n) is 11.0. The van der Waals surface area contributed by atoms with E-state index in [4.69, 9.17) is 12.2 Å². The molecule has 1 aliphatic carbocycles. The summed E-state index contributed by atoms with van der Waals surface area (Å²) in [5, 5.41) is 7.56. The summed E-state index contributed by atoms with van der Waals surface area (Å²) in [5.74, 6) is 1.20. The molecule has 1 aliphatic rings. The molecule has 1 fully saturated rings. The van der Waals surface area contributed by atoms with E-state index in [-0.39, 0.29) is 0 Å². The zero-order valence-corrected chi connectivity index (χ0v) is 17.2. The second-order valence-electron chi connectivity index (χ2n) is 7.89. The number of nitrogens with zero attached hydrogens (tertiary/aromatic N) is 2. The predicted molar refractivity (Wildman–Crippen MR) is 110 cm³/mol. The van der Waals surface area contributed by atoms with E-state index in [0.29, 0.717) is 6.04 Å². The SMILES string of the molecule is CCCCCCCCCCCCCc1n[nH]c(=S)n1C1CCCCC1. The molecule has 25 heavy (non-hydrogen) atoms. The Morgan fingerprint density at radius 2 is 1.44 bits per heavy atom. The molecule has 0 spiro atoms. The third-order valence-corrected chi connectivity index (χ3v) is 6.01. The lowest BCUT2D eigenvalue weighted by Crippen LogP contribution is -2.15. The van der Waals surface area contributed by atoms with Crippen molar-refractivity contribution in [2.24, 2.45) is 0 Å². The van der Waals surface area contributed by atoms with E-state index in [1.807, 2.05) is 0 Å². The van der Waals surface area contributed by atoms with Crippen LogP contribution in [0.3, 0.4) is 0 Å². The number of hydrogen-bond donors (Lipinski definition) is 1. The summed E-state index contributed by atoms with van der Waals surface area (Å²) in [4.78, 5) is 0. The summed E-state index contributed by atoms with van der Waals surface area (Å²) in [7, 11) is 0. The van der Waals surface area contributed by atoms with E-state index in [0.717, 1.165) is 11.2 Å². The Labute approximate surface area is 160 Å². The average molecular weight is 366 g/mol. The molecule has 1 heterocycles. The molecule has 144 valence electrons. The van der Waals surface area contributed by atoms with E-state index in [1.54, 1.807) is 0 Å². The topological polar surface area (TPSA) is 33.6 Å². The van der Waals surface area contributed by atoms with E-state index in [9.17, 15) is 0 Å². The number of aromatic nitrogens is 3. The molecule has 4 heteroatoms. The lowest BCUT2D eigenvalue weighted by molar-refractivity contribution is 0.342. The molecule has 0 saturated heterocycles. The van der Waals surface area contributed by atoms with E-state index in [2.05, 4.69) is 21.7 Å². The molecule has 1 aromatic heterocycles. The van der Waals surface area contributed by atoms with Crippen LogP contribution in [0, 0.1) is 4.77 Å². The fourth-order valence-electron chi connectivity index (χ4n) is 4.18. The van der Waals surface area contributed by atoms with Gasteiger partial charge in [0.1, 0.15) is 5.82 Å². The van der Waals surface area contributed by atoms with E-state index in [1.165, 1.54) is 109 Å². The maximum atomic E-state index is 5.49. The Morgan fingerprint density at radius 3 is 2.04 bits per heavy atom. The lowest BCUT2D eigenvalue weighted by Gasteiger charge is -2.24. The van der Waals surface area contributed by atoms with Gasteiger partial charge in [0.2, 0.25) is 0 Å². The third kappa shape index (κ3) is 7.64. The van der Waals surface area contributed by atoms with Gasteiger partial charge in [-0.05, 0) is 31.5 Å². The summed E-state index contributed by atoms with van der Waals surface area (Å²) in [6.45, 7) is 2.29. The number of nitrogens with one attached hydrogen (secondary N) is 1. The first kappa shape index (κ1) is 20.7. The molecular weight excluding hydrogens is 326 g/mol. The molecule has 0 unspecified atom stereocenters. The highest BCUT2D eigenvalue weighted by Crippen LogP contribution is 2.29. The zero-order valence-electron chi connectivity index (χ0n) is 16.4. The molecule has 1 N–H and O–H groups in total. The summed E-state index contributed by atoms with van der Waals surface area (Å²) in [6, 6.07) is 0.600. The van der Waals surface area contributed by atoms with Gasteiger partial charge in [0.15, 0.2) is 4.77 Å². The molecular formula is C21H39N3S. The molecule has 0 aromatic carbocycles. The van der Waals surface area contributed by atoms with Gasteiger partial charge in [-0.25, -0.2) is 0 Å². The number of hydrogen-bond acceptors (Lipinski definition) is 2. The van der Waals surface area contributed by atoms with Crippen molar-refractivity contribution in [1.82, 2.24) is 14.8 Å². The molecule has 3 nitrogen and oxygen atoms in total. The zero-order chi connectivity index (χ0) is 17.7. The van der Waals surface area contributed by atoms with Gasteiger partial charge >= 0.3 is 0 Å². The van der Waals surface area contributed by atoms with Crippen molar-refractivity contribution in [2.75, 3.05) is 0 Å². The van der Waals surface area contributed by atoms with Crippen LogP contribution in [0.15, 0.2) is 0 Å². The number of H-pyrrole nitrogens is 1. The van der Waals surface area contributed by atoms with Crippen LogP contribution in [-0.2, 0) is 6.42 Å². The Bertz CT molecular complexity index is 499. The predicted octanol–water partition coefficient (Wildman–Crippen LogP) is 7.30. The smallest absolute Gasteiger partial charge is 0.195 e. The maximum absolute atomic E-state index is 5.49. The van der Waals surface area contributed by atoms with Crippen molar-refractivity contribution >= 4 is 12.2 Å². The second kappa shape index (κ2) is 12.7. The van der Waals surface area contributed by atoms with Crippen LogP contribution in [0.5, 0.6) is 0 Å². The van der Waals surface area contributed by atoms with Crippen molar-refractivity contribution in [2.45, 2.75) is 122 Å². The highest BCUT2D eigenvalue weighted by molar-refractivity contribution is 7.71. The van der Waals surface area contributed by atoms with Gasteiger partial charge in [0.05, 0.1) is 0 Å².